The van der Waals surface area contributed by atoms with Crippen molar-refractivity contribution in [2.45, 2.75) is 63.9 Å². The van der Waals surface area contributed by atoms with Crippen LogP contribution in [0.3, 0.4) is 0 Å². The van der Waals surface area contributed by atoms with Crippen LogP contribution >= 0.6 is 0 Å². The molecule has 2 aliphatic heterocycles. The highest BCUT2D eigenvalue weighted by molar-refractivity contribution is 6.06. The Hall–Kier alpha value is -3.51. The topological polar surface area (TPSA) is 74.2 Å². The van der Waals surface area contributed by atoms with Gasteiger partial charge in [-0.1, -0.05) is 59.7 Å². The second kappa shape index (κ2) is 7.74. The van der Waals surface area contributed by atoms with Crippen LogP contribution in [0.15, 0.2) is 60.7 Å². The van der Waals surface area contributed by atoms with Crippen LogP contribution in [-0.4, -0.2) is 23.8 Å². The fourth-order valence-corrected chi connectivity index (χ4v) is 4.70. The van der Waals surface area contributed by atoms with Gasteiger partial charge in [0.1, 0.15) is 11.5 Å². The van der Waals surface area contributed by atoms with Crippen LogP contribution in [0.5, 0.6) is 23.0 Å². The smallest absolute Gasteiger partial charge is 0.357 e. The van der Waals surface area contributed by atoms with Gasteiger partial charge in [0.15, 0.2) is 11.5 Å². The van der Waals surface area contributed by atoms with Crippen molar-refractivity contribution < 1.29 is 28.8 Å². The standard InChI is InChI=1S/C30H32O6/c1-27(2,3)19-16-22(28(4,5)6)25-24(17-19)35-30(18-12-14-20(33-7)15-13-18)29(32,36-25)26(31)21-10-8-9-11-23(21)34-30/h8-17,32H,1-7H3/t29-,30-/m1/s1. The van der Waals surface area contributed by atoms with E-state index in [0.29, 0.717) is 28.6 Å². The van der Waals surface area contributed by atoms with E-state index in [2.05, 4.69) is 47.6 Å². The number of hydrogen-bond donors (Lipinski definition) is 1. The molecule has 0 fully saturated rings. The summed E-state index contributed by atoms with van der Waals surface area (Å²) < 4.78 is 24.7. The number of fused-ring (bicyclic) bond motifs is 3. The lowest BCUT2D eigenvalue weighted by Gasteiger charge is -2.50. The van der Waals surface area contributed by atoms with Gasteiger partial charge in [0.05, 0.1) is 12.7 Å². The molecular formula is C30H32O6. The molecule has 0 aliphatic carbocycles. The first-order valence-corrected chi connectivity index (χ1v) is 12.1. The van der Waals surface area contributed by atoms with Crippen LogP contribution < -0.4 is 18.9 Å². The molecule has 0 amide bonds. The molecular weight excluding hydrogens is 456 g/mol. The minimum absolute atomic E-state index is 0.185. The van der Waals surface area contributed by atoms with Gasteiger partial charge in [0.25, 0.3) is 0 Å². The summed E-state index contributed by atoms with van der Waals surface area (Å²) in [5.41, 5.74) is 1.95. The number of carbonyl (C=O) groups excluding carboxylic acids is 1. The fourth-order valence-electron chi connectivity index (χ4n) is 4.70. The van der Waals surface area contributed by atoms with Gasteiger partial charge in [0.2, 0.25) is 5.78 Å². The van der Waals surface area contributed by atoms with Gasteiger partial charge >= 0.3 is 11.6 Å². The van der Waals surface area contributed by atoms with E-state index in [1.807, 2.05) is 6.07 Å². The SMILES string of the molecule is COc1ccc([C@]23Oc4ccccc4C(=O)[C@@]2(O)Oc2c(cc(C(C)(C)C)cc2C(C)(C)C)O3)cc1. The zero-order chi connectivity index (χ0) is 26.1. The Morgan fingerprint density at radius 3 is 2.06 bits per heavy atom. The Bertz CT molecular complexity index is 1350. The van der Waals surface area contributed by atoms with E-state index in [9.17, 15) is 9.90 Å². The summed E-state index contributed by atoms with van der Waals surface area (Å²) in [5.74, 6) is -3.44. The van der Waals surface area contributed by atoms with Crippen molar-refractivity contribution in [2.75, 3.05) is 7.11 Å². The highest BCUT2D eigenvalue weighted by Crippen LogP contribution is 2.56. The highest BCUT2D eigenvalue weighted by atomic mass is 16.8. The first-order valence-electron chi connectivity index (χ1n) is 12.1. The third-order valence-electron chi connectivity index (χ3n) is 6.84. The van der Waals surface area contributed by atoms with Crippen LogP contribution in [0.1, 0.15) is 68.6 Å². The maximum absolute atomic E-state index is 13.9. The van der Waals surface area contributed by atoms with Gasteiger partial charge in [0, 0.05) is 11.1 Å². The molecule has 36 heavy (non-hydrogen) atoms. The van der Waals surface area contributed by atoms with E-state index in [4.69, 9.17) is 18.9 Å². The molecule has 2 atom stereocenters. The summed E-state index contributed by atoms with van der Waals surface area (Å²) in [6.07, 6.45) is 0. The molecule has 0 spiro atoms. The minimum Gasteiger partial charge on any atom is -0.497 e. The Balaban J connectivity index is 1.81. The molecule has 0 aromatic heterocycles. The molecule has 0 bridgehead atoms. The molecule has 5 rings (SSSR count). The van der Waals surface area contributed by atoms with Crippen molar-refractivity contribution in [1.82, 2.24) is 0 Å². The van der Waals surface area contributed by atoms with Gasteiger partial charge in [-0.3, -0.25) is 4.79 Å². The van der Waals surface area contributed by atoms with E-state index in [1.165, 1.54) is 0 Å². The quantitative estimate of drug-likeness (QED) is 0.486. The van der Waals surface area contributed by atoms with E-state index >= 15 is 0 Å². The van der Waals surface area contributed by atoms with Crippen LogP contribution in [0.4, 0.5) is 0 Å². The van der Waals surface area contributed by atoms with Gasteiger partial charge in [-0.25, -0.2) is 0 Å². The first-order chi connectivity index (χ1) is 16.8. The third-order valence-corrected chi connectivity index (χ3v) is 6.84. The predicted octanol–water partition coefficient (Wildman–Crippen LogP) is 5.88. The summed E-state index contributed by atoms with van der Waals surface area (Å²) in [6, 6.07) is 17.6. The maximum atomic E-state index is 13.9. The molecule has 0 unspecified atom stereocenters. The summed E-state index contributed by atoms with van der Waals surface area (Å²) in [6.45, 7) is 12.5. The van der Waals surface area contributed by atoms with Crippen LogP contribution in [0, 0.1) is 0 Å². The molecule has 6 heteroatoms. The average molecular weight is 489 g/mol. The van der Waals surface area contributed by atoms with E-state index in [0.717, 1.165) is 11.1 Å². The first kappa shape index (κ1) is 24.2. The third kappa shape index (κ3) is 3.46. The second-order valence-electron chi connectivity index (χ2n) is 11.5. The van der Waals surface area contributed by atoms with Gasteiger partial charge in [-0.15, -0.1) is 0 Å². The largest absolute Gasteiger partial charge is 0.497 e. The highest BCUT2D eigenvalue weighted by Gasteiger charge is 2.70. The number of para-hydroxylation sites is 1. The molecule has 0 saturated carbocycles. The van der Waals surface area contributed by atoms with Crippen molar-refractivity contribution >= 4 is 5.78 Å². The van der Waals surface area contributed by atoms with E-state index < -0.39 is 17.4 Å². The zero-order valence-electron chi connectivity index (χ0n) is 21.8. The van der Waals surface area contributed by atoms with Crippen molar-refractivity contribution in [3.05, 3.63) is 82.9 Å². The minimum atomic E-state index is -2.48. The van der Waals surface area contributed by atoms with Gasteiger partial charge in [-0.2, -0.15) is 0 Å². The molecule has 3 aromatic carbocycles. The molecule has 6 nitrogen and oxygen atoms in total. The number of ketones is 1. The van der Waals surface area contributed by atoms with Crippen molar-refractivity contribution in [3.63, 3.8) is 0 Å². The fraction of sp³-hybridized carbons (Fsp3) is 0.367. The van der Waals surface area contributed by atoms with Crippen molar-refractivity contribution in [2.24, 2.45) is 0 Å². The summed E-state index contributed by atoms with van der Waals surface area (Å²) >= 11 is 0. The van der Waals surface area contributed by atoms with E-state index in [-0.39, 0.29) is 16.4 Å². The lowest BCUT2D eigenvalue weighted by molar-refractivity contribution is -0.316. The van der Waals surface area contributed by atoms with Crippen LogP contribution in [-0.2, 0) is 16.6 Å². The monoisotopic (exact) mass is 488 g/mol. The number of benzene rings is 3. The van der Waals surface area contributed by atoms with E-state index in [1.54, 1.807) is 55.6 Å². The number of Topliss-reactive ketones (excluding diaryl/α,β-unsaturated/α-hetero) is 1. The van der Waals surface area contributed by atoms with Crippen LogP contribution in [0.2, 0.25) is 0 Å². The second-order valence-corrected chi connectivity index (χ2v) is 11.5. The molecule has 2 heterocycles. The Morgan fingerprint density at radius 1 is 0.806 bits per heavy atom. The molecule has 1 N–H and O–H groups in total. The summed E-state index contributed by atoms with van der Waals surface area (Å²) in [7, 11) is 1.57. The molecule has 3 aromatic rings. The molecule has 0 saturated heterocycles. The maximum Gasteiger partial charge on any atom is 0.357 e. The number of methoxy groups -OCH3 is 1. The molecule has 188 valence electrons. The number of ether oxygens (including phenoxy) is 4. The van der Waals surface area contributed by atoms with Gasteiger partial charge in [-0.05, 0) is 58.9 Å². The predicted molar refractivity (Wildman–Crippen MR) is 136 cm³/mol. The number of hydrogen-bond acceptors (Lipinski definition) is 6. The average Bonchev–Trinajstić information content (AvgIpc) is 2.82. The lowest BCUT2D eigenvalue weighted by Crippen LogP contribution is -2.70. The Labute approximate surface area is 211 Å². The molecule has 0 radical (unpaired) electrons. The van der Waals surface area contributed by atoms with Gasteiger partial charge < -0.3 is 24.1 Å². The van der Waals surface area contributed by atoms with Crippen molar-refractivity contribution in [3.8, 4) is 23.0 Å². The zero-order valence-corrected chi connectivity index (χ0v) is 21.8. The number of aliphatic hydroxyl groups is 1. The lowest BCUT2D eigenvalue weighted by atomic mass is 9.79. The number of carbonyl (C=O) groups is 1. The summed E-state index contributed by atoms with van der Waals surface area (Å²) in [5, 5.41) is 12.1. The molecule has 2 aliphatic rings. The Morgan fingerprint density at radius 2 is 1.44 bits per heavy atom. The normalized spacial score (nSPS) is 22.8. The Kier molecular flexibility index (Phi) is 5.20. The van der Waals surface area contributed by atoms with Crippen molar-refractivity contribution in [1.29, 1.82) is 0 Å². The van der Waals surface area contributed by atoms with Crippen LogP contribution in [0.25, 0.3) is 0 Å². The summed E-state index contributed by atoms with van der Waals surface area (Å²) in [4.78, 5) is 13.9. The number of rotatable bonds is 2.